The maximum absolute atomic E-state index is 11.0. The number of hydrogen-bond acceptors (Lipinski definition) is 4. The molecule has 1 saturated heterocycles. The third-order valence-corrected chi connectivity index (χ3v) is 2.78. The summed E-state index contributed by atoms with van der Waals surface area (Å²) in [5, 5.41) is 0. The molecule has 1 fully saturated rings. The van der Waals surface area contributed by atoms with Crippen LogP contribution in [0.5, 0.6) is 0 Å². The molecular formula is C11H16O4. The lowest BCUT2D eigenvalue weighted by Gasteiger charge is -2.42. The minimum atomic E-state index is -0.724. The minimum Gasteiger partial charge on any atom is -0.466 e. The molecule has 4 nitrogen and oxygen atoms in total. The fraction of sp³-hybridized carbons (Fsp3) is 0.727. The maximum atomic E-state index is 11.0. The molecule has 2 rings (SSSR count). The van der Waals surface area contributed by atoms with Crippen LogP contribution in [0.15, 0.2) is 12.3 Å². The highest BCUT2D eigenvalue weighted by molar-refractivity contribution is 5.66. The Bertz CT molecular complexity index is 266. The van der Waals surface area contributed by atoms with Crippen molar-refractivity contribution in [3.05, 3.63) is 12.3 Å². The summed E-state index contributed by atoms with van der Waals surface area (Å²) in [4.78, 5) is 11.0. The molecule has 0 aromatic heterocycles. The van der Waals surface area contributed by atoms with Gasteiger partial charge in [-0.3, -0.25) is 4.79 Å². The molecule has 0 saturated carbocycles. The first-order chi connectivity index (χ1) is 7.23. The summed E-state index contributed by atoms with van der Waals surface area (Å²) in [6.07, 6.45) is 6.74. The number of rotatable bonds is 1. The van der Waals surface area contributed by atoms with Crippen LogP contribution in [0.25, 0.3) is 0 Å². The molecule has 84 valence electrons. The molecule has 0 amide bonds. The van der Waals surface area contributed by atoms with Crippen LogP contribution in [-0.2, 0) is 19.0 Å². The van der Waals surface area contributed by atoms with Crippen molar-refractivity contribution in [2.75, 3.05) is 6.61 Å². The van der Waals surface area contributed by atoms with Crippen LogP contribution in [-0.4, -0.2) is 24.5 Å². The van der Waals surface area contributed by atoms with Gasteiger partial charge in [0.05, 0.1) is 12.9 Å². The summed E-state index contributed by atoms with van der Waals surface area (Å²) >= 11 is 0. The Morgan fingerprint density at radius 3 is 3.07 bits per heavy atom. The molecule has 2 heterocycles. The molecule has 2 atom stereocenters. The van der Waals surface area contributed by atoms with Crippen molar-refractivity contribution < 1.29 is 19.0 Å². The molecule has 4 heteroatoms. The zero-order chi connectivity index (χ0) is 10.7. The van der Waals surface area contributed by atoms with E-state index in [9.17, 15) is 4.79 Å². The SMILES string of the molecule is CC(=O)O[C@H]1CC=CO[C@@]12CCCCO2. The number of ether oxygens (including phenoxy) is 3. The van der Waals surface area contributed by atoms with Crippen molar-refractivity contribution in [2.45, 2.75) is 44.5 Å². The molecule has 0 unspecified atom stereocenters. The van der Waals surface area contributed by atoms with E-state index >= 15 is 0 Å². The first kappa shape index (κ1) is 10.5. The molecule has 0 N–H and O–H groups in total. The predicted molar refractivity (Wildman–Crippen MR) is 52.9 cm³/mol. The van der Waals surface area contributed by atoms with Gasteiger partial charge < -0.3 is 14.2 Å². The number of carbonyl (C=O) groups is 1. The monoisotopic (exact) mass is 212 g/mol. The van der Waals surface area contributed by atoms with Gasteiger partial charge in [-0.25, -0.2) is 0 Å². The molecule has 0 aromatic carbocycles. The van der Waals surface area contributed by atoms with Gasteiger partial charge in [0.25, 0.3) is 0 Å². The summed E-state index contributed by atoms with van der Waals surface area (Å²) in [5.41, 5.74) is 0. The minimum absolute atomic E-state index is 0.285. The van der Waals surface area contributed by atoms with Crippen LogP contribution in [0.3, 0.4) is 0 Å². The van der Waals surface area contributed by atoms with Crippen molar-refractivity contribution in [2.24, 2.45) is 0 Å². The lowest BCUT2D eigenvalue weighted by Crippen LogP contribution is -2.51. The summed E-state index contributed by atoms with van der Waals surface area (Å²) in [6.45, 7) is 2.08. The van der Waals surface area contributed by atoms with Gasteiger partial charge in [0.15, 0.2) is 6.10 Å². The van der Waals surface area contributed by atoms with Crippen molar-refractivity contribution in [1.29, 1.82) is 0 Å². The van der Waals surface area contributed by atoms with Crippen molar-refractivity contribution in [3.8, 4) is 0 Å². The highest BCUT2D eigenvalue weighted by atomic mass is 16.7. The fourth-order valence-electron chi connectivity index (χ4n) is 2.07. The molecule has 15 heavy (non-hydrogen) atoms. The van der Waals surface area contributed by atoms with E-state index in [4.69, 9.17) is 14.2 Å². The van der Waals surface area contributed by atoms with Crippen LogP contribution >= 0.6 is 0 Å². The van der Waals surface area contributed by atoms with Gasteiger partial charge in [-0.2, -0.15) is 0 Å². The largest absolute Gasteiger partial charge is 0.466 e. The Kier molecular flexibility index (Phi) is 2.95. The molecule has 0 bridgehead atoms. The quantitative estimate of drug-likeness (QED) is 0.621. The summed E-state index contributed by atoms with van der Waals surface area (Å²) in [5.74, 6) is -1.01. The van der Waals surface area contributed by atoms with Crippen molar-refractivity contribution in [1.82, 2.24) is 0 Å². The average Bonchev–Trinajstić information content (AvgIpc) is 2.23. The van der Waals surface area contributed by atoms with Crippen molar-refractivity contribution in [3.63, 3.8) is 0 Å². The van der Waals surface area contributed by atoms with Crippen LogP contribution in [0.4, 0.5) is 0 Å². The normalized spacial score (nSPS) is 34.9. The summed E-state index contributed by atoms with van der Waals surface area (Å²) in [7, 11) is 0. The Balaban J connectivity index is 2.11. The average molecular weight is 212 g/mol. The first-order valence-electron chi connectivity index (χ1n) is 5.37. The van der Waals surface area contributed by atoms with E-state index < -0.39 is 5.79 Å². The number of hydrogen-bond donors (Lipinski definition) is 0. The lowest BCUT2D eigenvalue weighted by atomic mass is 9.96. The highest BCUT2D eigenvalue weighted by Gasteiger charge is 2.46. The van der Waals surface area contributed by atoms with Gasteiger partial charge in [0.1, 0.15) is 0 Å². The number of carbonyl (C=O) groups excluding carboxylic acids is 1. The highest BCUT2D eigenvalue weighted by Crippen LogP contribution is 2.35. The third kappa shape index (κ3) is 2.15. The second-order valence-corrected chi connectivity index (χ2v) is 3.94. The standard InChI is InChI=1S/C11H16O4/c1-9(12)15-10-5-4-8-14-11(10)6-2-3-7-13-11/h4,8,10H,2-3,5-7H2,1H3/t10-,11-/m0/s1. The van der Waals surface area contributed by atoms with Gasteiger partial charge in [0.2, 0.25) is 5.79 Å². The van der Waals surface area contributed by atoms with E-state index in [1.807, 2.05) is 6.08 Å². The smallest absolute Gasteiger partial charge is 0.303 e. The van der Waals surface area contributed by atoms with E-state index in [1.54, 1.807) is 6.26 Å². The molecule has 0 radical (unpaired) electrons. The predicted octanol–water partition coefficient (Wildman–Crippen LogP) is 1.75. The lowest BCUT2D eigenvalue weighted by molar-refractivity contribution is -0.284. The van der Waals surface area contributed by atoms with Crippen LogP contribution in [0.1, 0.15) is 32.6 Å². The van der Waals surface area contributed by atoms with Crippen LogP contribution in [0, 0.1) is 0 Å². The van der Waals surface area contributed by atoms with Gasteiger partial charge >= 0.3 is 5.97 Å². The maximum Gasteiger partial charge on any atom is 0.303 e. The molecule has 0 aliphatic carbocycles. The molecule has 2 aliphatic rings. The van der Waals surface area contributed by atoms with Crippen LogP contribution in [0.2, 0.25) is 0 Å². The van der Waals surface area contributed by atoms with E-state index in [-0.39, 0.29) is 12.1 Å². The Labute approximate surface area is 89.2 Å². The first-order valence-corrected chi connectivity index (χ1v) is 5.37. The molecule has 0 aromatic rings. The van der Waals surface area contributed by atoms with Gasteiger partial charge in [-0.15, -0.1) is 0 Å². The van der Waals surface area contributed by atoms with E-state index in [1.165, 1.54) is 6.92 Å². The number of esters is 1. The third-order valence-electron chi connectivity index (χ3n) is 2.78. The van der Waals surface area contributed by atoms with Crippen molar-refractivity contribution >= 4 is 5.97 Å². The van der Waals surface area contributed by atoms with E-state index in [0.717, 1.165) is 19.3 Å². The topological polar surface area (TPSA) is 44.8 Å². The Morgan fingerprint density at radius 2 is 2.40 bits per heavy atom. The Morgan fingerprint density at radius 1 is 1.53 bits per heavy atom. The van der Waals surface area contributed by atoms with Crippen LogP contribution < -0.4 is 0 Å². The van der Waals surface area contributed by atoms with E-state index in [0.29, 0.717) is 13.0 Å². The zero-order valence-corrected chi connectivity index (χ0v) is 8.90. The second kappa shape index (κ2) is 4.23. The van der Waals surface area contributed by atoms with Gasteiger partial charge in [-0.1, -0.05) is 0 Å². The second-order valence-electron chi connectivity index (χ2n) is 3.94. The zero-order valence-electron chi connectivity index (χ0n) is 8.90. The van der Waals surface area contributed by atoms with Gasteiger partial charge in [0, 0.05) is 19.8 Å². The molecular weight excluding hydrogens is 196 g/mol. The molecule has 2 aliphatic heterocycles. The van der Waals surface area contributed by atoms with E-state index in [2.05, 4.69) is 0 Å². The summed E-state index contributed by atoms with van der Waals surface area (Å²) < 4.78 is 16.5. The van der Waals surface area contributed by atoms with Gasteiger partial charge in [-0.05, 0) is 18.9 Å². The molecule has 1 spiro atoms. The fourth-order valence-corrected chi connectivity index (χ4v) is 2.07. The summed E-state index contributed by atoms with van der Waals surface area (Å²) in [6, 6.07) is 0. The Hall–Kier alpha value is -1.03.